The molecule has 170 valence electrons. The van der Waals surface area contributed by atoms with Crippen LogP contribution in [0, 0.1) is 5.92 Å². The highest BCUT2D eigenvalue weighted by Crippen LogP contribution is 2.38. The van der Waals surface area contributed by atoms with Gasteiger partial charge in [0.2, 0.25) is 5.91 Å². The molecule has 1 aromatic heterocycles. The zero-order chi connectivity index (χ0) is 22.9. The van der Waals surface area contributed by atoms with Gasteiger partial charge in [0.05, 0.1) is 4.90 Å². The van der Waals surface area contributed by atoms with Crippen molar-refractivity contribution in [3.63, 3.8) is 0 Å². The molecule has 4 rings (SSSR count). The highest BCUT2D eigenvalue weighted by Gasteiger charge is 2.55. The largest absolute Gasteiger partial charge is 0.325 e. The second-order valence-electron chi connectivity index (χ2n) is 7.95. The number of benzene rings is 1. The summed E-state index contributed by atoms with van der Waals surface area (Å²) in [4.78, 5) is 42.7. The third-order valence-corrected chi connectivity index (χ3v) is 8.08. The fraction of sp³-hybridized carbons (Fsp3) is 0.400. The highest BCUT2D eigenvalue weighted by atomic mass is 32.2. The standard InChI is InChI=1S/C20H23N5O5S2/c1-13-4-2-3-9-20(13)17(27)25(19(28)23-20)12-16(26)22-14-5-7-15(8-6-14)32(29,30)24-18-21-10-11-31-18/h5-8,10-11,13H,2-4,9,12H2,1H3,(H,21,24)(H,22,26)(H,23,28)/t13-,20-/m0/s1. The monoisotopic (exact) mass is 477 g/mol. The van der Waals surface area contributed by atoms with Gasteiger partial charge in [0.25, 0.3) is 15.9 Å². The van der Waals surface area contributed by atoms with E-state index in [1.165, 1.54) is 30.5 Å². The topological polar surface area (TPSA) is 138 Å². The first-order chi connectivity index (χ1) is 15.2. The van der Waals surface area contributed by atoms with E-state index in [4.69, 9.17) is 0 Å². The van der Waals surface area contributed by atoms with Gasteiger partial charge < -0.3 is 10.6 Å². The summed E-state index contributed by atoms with van der Waals surface area (Å²) in [5.74, 6) is -0.904. The predicted octanol–water partition coefficient (Wildman–Crippen LogP) is 2.38. The van der Waals surface area contributed by atoms with Crippen molar-refractivity contribution < 1.29 is 22.8 Å². The average Bonchev–Trinajstić information content (AvgIpc) is 3.33. The summed E-state index contributed by atoms with van der Waals surface area (Å²) in [6.45, 7) is 1.53. The van der Waals surface area contributed by atoms with Crippen molar-refractivity contribution in [2.75, 3.05) is 16.6 Å². The highest BCUT2D eigenvalue weighted by molar-refractivity contribution is 7.93. The van der Waals surface area contributed by atoms with Crippen LogP contribution in [0.2, 0.25) is 0 Å². The molecular weight excluding hydrogens is 454 g/mol. The van der Waals surface area contributed by atoms with Crippen LogP contribution in [-0.4, -0.2) is 48.2 Å². The number of hydrogen-bond donors (Lipinski definition) is 3. The van der Waals surface area contributed by atoms with Gasteiger partial charge in [0.15, 0.2) is 5.13 Å². The van der Waals surface area contributed by atoms with Crippen molar-refractivity contribution in [1.82, 2.24) is 15.2 Å². The van der Waals surface area contributed by atoms with Crippen molar-refractivity contribution in [2.45, 2.75) is 43.0 Å². The summed E-state index contributed by atoms with van der Waals surface area (Å²) in [6, 6.07) is 5.00. The maximum absolute atomic E-state index is 13.0. The van der Waals surface area contributed by atoms with Gasteiger partial charge in [-0.25, -0.2) is 18.2 Å². The van der Waals surface area contributed by atoms with Gasteiger partial charge in [-0.3, -0.25) is 19.2 Å². The number of amides is 4. The molecule has 1 aliphatic heterocycles. The summed E-state index contributed by atoms with van der Waals surface area (Å²) in [5, 5.41) is 7.31. The lowest BCUT2D eigenvalue weighted by atomic mass is 9.73. The van der Waals surface area contributed by atoms with Crippen molar-refractivity contribution in [3.8, 4) is 0 Å². The first-order valence-corrected chi connectivity index (χ1v) is 12.5. The van der Waals surface area contributed by atoms with Crippen molar-refractivity contribution >= 4 is 50.0 Å². The van der Waals surface area contributed by atoms with Gasteiger partial charge in [-0.2, -0.15) is 0 Å². The molecule has 1 saturated carbocycles. The minimum Gasteiger partial charge on any atom is -0.325 e. The predicted molar refractivity (Wildman–Crippen MR) is 119 cm³/mol. The van der Waals surface area contributed by atoms with Crippen LogP contribution in [-0.2, 0) is 19.6 Å². The second-order valence-corrected chi connectivity index (χ2v) is 10.5. The zero-order valence-corrected chi connectivity index (χ0v) is 19.0. The number of thiazole rings is 1. The molecule has 4 amide bonds. The molecular formula is C20H23N5O5S2. The fourth-order valence-electron chi connectivity index (χ4n) is 4.15. The number of carbonyl (C=O) groups is 3. The molecule has 1 aliphatic carbocycles. The van der Waals surface area contributed by atoms with E-state index in [9.17, 15) is 22.8 Å². The quantitative estimate of drug-likeness (QED) is 0.546. The summed E-state index contributed by atoms with van der Waals surface area (Å²) < 4.78 is 27.1. The Morgan fingerprint density at radius 1 is 1.28 bits per heavy atom. The van der Waals surface area contributed by atoms with Crippen molar-refractivity contribution in [1.29, 1.82) is 0 Å². The maximum atomic E-state index is 13.0. The van der Waals surface area contributed by atoms with E-state index >= 15 is 0 Å². The van der Waals surface area contributed by atoms with Gasteiger partial charge >= 0.3 is 6.03 Å². The van der Waals surface area contributed by atoms with Gasteiger partial charge in [-0.1, -0.05) is 19.8 Å². The number of aromatic nitrogens is 1. The molecule has 2 atom stereocenters. The van der Waals surface area contributed by atoms with E-state index in [1.54, 1.807) is 5.38 Å². The van der Waals surface area contributed by atoms with E-state index < -0.39 is 34.0 Å². The Labute approximate surface area is 189 Å². The molecule has 3 N–H and O–H groups in total. The number of imide groups is 1. The maximum Gasteiger partial charge on any atom is 0.325 e. The minimum atomic E-state index is -3.80. The lowest BCUT2D eigenvalue weighted by Crippen LogP contribution is -2.54. The first kappa shape index (κ1) is 22.2. The third-order valence-electron chi connectivity index (χ3n) is 5.91. The van der Waals surface area contributed by atoms with Gasteiger partial charge in [0.1, 0.15) is 12.1 Å². The van der Waals surface area contributed by atoms with E-state index in [0.29, 0.717) is 12.1 Å². The van der Waals surface area contributed by atoms with Crippen LogP contribution in [0.4, 0.5) is 15.6 Å². The van der Waals surface area contributed by atoms with E-state index in [-0.39, 0.29) is 21.9 Å². The van der Waals surface area contributed by atoms with Crippen LogP contribution >= 0.6 is 11.3 Å². The summed E-state index contributed by atoms with van der Waals surface area (Å²) >= 11 is 1.16. The second kappa shape index (κ2) is 8.51. The Morgan fingerprint density at radius 2 is 2.03 bits per heavy atom. The zero-order valence-electron chi connectivity index (χ0n) is 17.3. The first-order valence-electron chi connectivity index (χ1n) is 10.2. The van der Waals surface area contributed by atoms with E-state index in [1.807, 2.05) is 6.92 Å². The average molecular weight is 478 g/mol. The summed E-state index contributed by atoms with van der Waals surface area (Å²) in [6.07, 6.45) is 4.77. The number of nitrogens with one attached hydrogen (secondary N) is 3. The Bertz CT molecular complexity index is 1130. The lowest BCUT2D eigenvalue weighted by Gasteiger charge is -2.36. The number of hydrogen-bond acceptors (Lipinski definition) is 7. The van der Waals surface area contributed by atoms with Crippen LogP contribution in [0.5, 0.6) is 0 Å². The normalized spacial score (nSPS) is 23.3. The molecule has 0 radical (unpaired) electrons. The molecule has 2 heterocycles. The Kier molecular flexibility index (Phi) is 5.91. The van der Waals surface area contributed by atoms with Crippen LogP contribution in [0.25, 0.3) is 0 Å². The molecule has 10 nitrogen and oxygen atoms in total. The van der Waals surface area contributed by atoms with Crippen molar-refractivity contribution in [2.24, 2.45) is 5.92 Å². The molecule has 1 saturated heterocycles. The van der Waals surface area contributed by atoms with Crippen LogP contribution < -0.4 is 15.4 Å². The number of sulfonamides is 1. The van der Waals surface area contributed by atoms with Gasteiger partial charge in [-0.05, 0) is 43.0 Å². The van der Waals surface area contributed by atoms with Gasteiger partial charge in [0, 0.05) is 17.3 Å². The number of nitrogens with zero attached hydrogens (tertiary/aromatic N) is 2. The SMILES string of the molecule is C[C@H]1CCCC[C@]12NC(=O)N(CC(=O)Nc1ccc(S(=O)(=O)Nc3nccs3)cc1)C2=O. The smallest absolute Gasteiger partial charge is 0.325 e. The third kappa shape index (κ3) is 4.19. The molecule has 32 heavy (non-hydrogen) atoms. The van der Waals surface area contributed by atoms with Crippen molar-refractivity contribution in [3.05, 3.63) is 35.8 Å². The molecule has 1 spiro atoms. The van der Waals surface area contributed by atoms with Crippen LogP contribution in [0.15, 0.2) is 40.7 Å². The van der Waals surface area contributed by atoms with E-state index in [0.717, 1.165) is 35.5 Å². The summed E-state index contributed by atoms with van der Waals surface area (Å²) in [7, 11) is -3.80. The van der Waals surface area contributed by atoms with Crippen LogP contribution in [0.1, 0.15) is 32.6 Å². The number of anilines is 2. The van der Waals surface area contributed by atoms with Crippen LogP contribution in [0.3, 0.4) is 0 Å². The number of carbonyl (C=O) groups excluding carboxylic acids is 3. The molecule has 1 aromatic carbocycles. The molecule has 0 bridgehead atoms. The molecule has 12 heteroatoms. The molecule has 2 aromatic rings. The van der Waals surface area contributed by atoms with Gasteiger partial charge in [-0.15, -0.1) is 11.3 Å². The Hall–Kier alpha value is -2.99. The fourth-order valence-corrected chi connectivity index (χ4v) is 5.94. The number of urea groups is 1. The van der Waals surface area contributed by atoms with E-state index in [2.05, 4.69) is 20.3 Å². The molecule has 0 unspecified atom stereocenters. The Balaban J connectivity index is 1.39. The molecule has 2 aliphatic rings. The Morgan fingerprint density at radius 3 is 2.69 bits per heavy atom. The number of rotatable bonds is 6. The minimum absolute atomic E-state index is 0.00743. The lowest BCUT2D eigenvalue weighted by molar-refractivity contribution is -0.136. The summed E-state index contributed by atoms with van der Waals surface area (Å²) in [5.41, 5.74) is -0.577. The molecule has 2 fully saturated rings.